The Morgan fingerprint density at radius 3 is 1.24 bits per heavy atom. The summed E-state index contributed by atoms with van der Waals surface area (Å²) in [5.74, 6) is 0. The third-order valence-electron chi connectivity index (χ3n) is 8.74. The van der Waals surface area contributed by atoms with Crippen LogP contribution in [0.25, 0.3) is 0 Å². The van der Waals surface area contributed by atoms with E-state index in [-0.39, 0.29) is 0 Å². The van der Waals surface area contributed by atoms with E-state index in [4.69, 9.17) is 26.0 Å². The maximum absolute atomic E-state index is 12.0. The smallest absolute Gasteiger partial charge is 0.211 e. The molecule has 0 saturated carbocycles. The molecule has 62 heavy (non-hydrogen) atoms. The van der Waals surface area contributed by atoms with Crippen LogP contribution in [0, 0.1) is 0 Å². The fourth-order valence-corrected chi connectivity index (χ4v) is 11.5. The second-order valence-electron chi connectivity index (χ2n) is 13.8. The van der Waals surface area contributed by atoms with Gasteiger partial charge in [-0.05, 0) is 37.9 Å². The Morgan fingerprint density at radius 1 is 0.565 bits per heavy atom. The lowest BCUT2D eigenvalue weighted by molar-refractivity contribution is 0.201. The van der Waals surface area contributed by atoms with Crippen LogP contribution >= 0.6 is 44.7 Å². The van der Waals surface area contributed by atoms with Gasteiger partial charge in [0.05, 0.1) is 13.2 Å². The van der Waals surface area contributed by atoms with E-state index in [2.05, 4.69) is 45.8 Å². The van der Waals surface area contributed by atoms with Gasteiger partial charge < -0.3 is 9.47 Å². The molecular formula is C36H90N12O8P6. The van der Waals surface area contributed by atoms with E-state index in [1.165, 1.54) is 0 Å². The van der Waals surface area contributed by atoms with Crippen LogP contribution in [0.5, 0.6) is 0 Å². The van der Waals surface area contributed by atoms with Crippen LogP contribution in [-0.4, -0.2) is 117 Å². The van der Waals surface area contributed by atoms with Gasteiger partial charge >= 0.3 is 0 Å². The molecule has 1 aromatic rings. The zero-order valence-electron chi connectivity index (χ0n) is 39.7. The largest absolute Gasteiger partial charge is 0.383 e. The van der Waals surface area contributed by atoms with Gasteiger partial charge in [-0.1, -0.05) is 85.7 Å². The summed E-state index contributed by atoms with van der Waals surface area (Å²) in [5, 5.41) is 26.8. The number of hydrogen-bond acceptors (Lipinski definition) is 8. The van der Waals surface area contributed by atoms with Crippen molar-refractivity contribution in [1.82, 2.24) is 45.8 Å². The van der Waals surface area contributed by atoms with Gasteiger partial charge in [-0.15, -0.1) is 0 Å². The lowest BCUT2D eigenvalue weighted by Gasteiger charge is -2.23. The van der Waals surface area contributed by atoms with Gasteiger partial charge in [-0.25, -0.2) is 0 Å². The SMILES string of the molecule is CCNP(=O)(CC)NCC.CCP(=O)(NCCOC)NCCOC.CCP(N)(=O)NCc1ccccc1.CCP(N)(N)=O.CCP1(=O)NCCCCN1.CCP1(=O)NCCCN1. The number of ether oxygens (including phenoxy) is 2. The fraction of sp³-hybridized carbons (Fsp3) is 0.833. The van der Waals surface area contributed by atoms with E-state index in [0.29, 0.717) is 69.8 Å². The summed E-state index contributed by atoms with van der Waals surface area (Å²) in [6.45, 7) is 23.2. The standard InChI is InChI=1S/C9H15N2OP.C8H21N2O3P.C6H15N2OP.C6H17N2OP.C5H13N2OP.C2H9N2OP/c1-2-13(10,12)11-8-9-6-4-3-5-7-9;1-4-14(11,9-5-7-12-2)10-6-8-13-3;1-2-10(9)7-5-3-4-6-8-10;1-4-7-10(9,6-3)8-5-2;1-2-9(8)6-4-3-5-7-9;1-2-6(3,4)5/h3-7H,2,8H2,1H3,(H3,10,11,12);4-8H2,1-3H3,(H2,9,10,11);2-6H2,1H3,(H2,7,8,9);4-6H2,1-3H3,(H2,7,8,9);2-5H2,1H3,(H2,6,7,8);2H2,1H3,(H4,3,4,5). The molecule has 0 spiro atoms. The first-order valence-electron chi connectivity index (χ1n) is 21.8. The van der Waals surface area contributed by atoms with Gasteiger partial charge in [0.2, 0.25) is 44.7 Å². The number of rotatable bonds is 21. The molecule has 2 heterocycles. The van der Waals surface area contributed by atoms with Gasteiger partial charge in [-0.3, -0.25) is 89.7 Å². The zero-order valence-corrected chi connectivity index (χ0v) is 45.1. The molecule has 2 aliphatic heterocycles. The summed E-state index contributed by atoms with van der Waals surface area (Å²) in [5.41, 5.74) is 16.3. The topological polar surface area (TPSA) is 307 Å². The van der Waals surface area contributed by atoms with Crippen molar-refractivity contribution in [3.63, 3.8) is 0 Å². The molecule has 1 unspecified atom stereocenters. The number of methoxy groups -OCH3 is 2. The molecule has 2 aliphatic rings. The molecule has 372 valence electrons. The number of hydrogen-bond donors (Lipinski definition) is 12. The predicted octanol–water partition coefficient (Wildman–Crippen LogP) is 6.11. The van der Waals surface area contributed by atoms with Crippen LogP contribution in [0.15, 0.2) is 30.3 Å². The molecule has 2 saturated heterocycles. The van der Waals surface area contributed by atoms with Crippen molar-refractivity contribution in [3.8, 4) is 0 Å². The molecule has 15 N–H and O–H groups in total. The molecule has 0 aromatic heterocycles. The summed E-state index contributed by atoms with van der Waals surface area (Å²) >= 11 is 0. The van der Waals surface area contributed by atoms with Crippen molar-refractivity contribution in [2.45, 2.75) is 81.2 Å². The summed E-state index contributed by atoms with van der Waals surface area (Å²) < 4.78 is 77.8. The van der Waals surface area contributed by atoms with Crippen LogP contribution < -0.4 is 62.3 Å². The average molecular weight is 1010 g/mol. The Labute approximate surface area is 376 Å². The Kier molecular flexibility index (Phi) is 41.8. The second-order valence-corrected chi connectivity index (χ2v) is 29.7. The molecule has 2 fully saturated rings. The highest BCUT2D eigenvalue weighted by atomic mass is 31.2. The third-order valence-corrected chi connectivity index (χ3v) is 21.0. The molecule has 0 aliphatic carbocycles. The monoisotopic (exact) mass is 1000 g/mol. The van der Waals surface area contributed by atoms with Crippen molar-refractivity contribution in [1.29, 1.82) is 0 Å². The molecule has 1 aromatic carbocycles. The van der Waals surface area contributed by atoms with Crippen molar-refractivity contribution in [3.05, 3.63) is 35.9 Å². The van der Waals surface area contributed by atoms with E-state index in [9.17, 15) is 27.4 Å². The third kappa shape index (κ3) is 39.2. The Balaban J connectivity index is -0.000000685. The van der Waals surface area contributed by atoms with Crippen LogP contribution in [-0.2, 0) is 43.4 Å². The zero-order chi connectivity index (χ0) is 48.0. The van der Waals surface area contributed by atoms with E-state index in [1.807, 2.05) is 78.8 Å². The quantitative estimate of drug-likeness (QED) is 0.0488. The number of benzene rings is 1. The highest BCUT2D eigenvalue weighted by molar-refractivity contribution is 7.61. The summed E-state index contributed by atoms with van der Waals surface area (Å²) in [6, 6.07) is 9.80. The second kappa shape index (κ2) is 39.1. The number of nitrogens with one attached hydrogen (secondary N) is 9. The van der Waals surface area contributed by atoms with Crippen LogP contribution in [0.2, 0.25) is 0 Å². The summed E-state index contributed by atoms with van der Waals surface area (Å²) in [4.78, 5) is 0. The molecule has 26 heteroatoms. The van der Waals surface area contributed by atoms with Crippen molar-refractivity contribution < 1.29 is 36.9 Å². The summed E-state index contributed by atoms with van der Waals surface area (Å²) in [7, 11) is -10.8. The minimum absolute atomic E-state index is 0.382. The Bertz CT molecular complexity index is 1460. The van der Waals surface area contributed by atoms with Crippen LogP contribution in [0.3, 0.4) is 0 Å². The van der Waals surface area contributed by atoms with Crippen molar-refractivity contribution in [2.24, 2.45) is 16.5 Å². The first-order valence-corrected chi connectivity index (χ1v) is 33.3. The molecule has 0 radical (unpaired) electrons. The lowest BCUT2D eigenvalue weighted by atomic mass is 10.2. The van der Waals surface area contributed by atoms with Crippen molar-refractivity contribution >= 4 is 44.7 Å². The van der Waals surface area contributed by atoms with E-state index in [1.54, 1.807) is 21.1 Å². The Hall–Kier alpha value is 0.0400. The minimum Gasteiger partial charge on any atom is -0.383 e. The number of nitrogens with two attached hydrogens (primary N) is 3. The average Bonchev–Trinajstić information content (AvgIpc) is 3.49. The van der Waals surface area contributed by atoms with E-state index >= 15 is 0 Å². The minimum atomic E-state index is -2.65. The highest BCUT2D eigenvalue weighted by Crippen LogP contribution is 2.37. The van der Waals surface area contributed by atoms with Gasteiger partial charge in [0.15, 0.2) is 0 Å². The van der Waals surface area contributed by atoms with E-state index in [0.717, 1.165) is 64.1 Å². The van der Waals surface area contributed by atoms with Gasteiger partial charge in [-0.2, -0.15) is 0 Å². The van der Waals surface area contributed by atoms with Gasteiger partial charge in [0, 0.05) is 97.0 Å². The van der Waals surface area contributed by atoms with Gasteiger partial charge in [0.25, 0.3) is 0 Å². The van der Waals surface area contributed by atoms with Crippen LogP contribution in [0.4, 0.5) is 0 Å². The van der Waals surface area contributed by atoms with Gasteiger partial charge in [0.1, 0.15) is 0 Å². The normalized spacial score (nSPS) is 16.9. The molecular weight excluding hydrogens is 914 g/mol. The predicted molar refractivity (Wildman–Crippen MR) is 268 cm³/mol. The molecule has 1 atom stereocenters. The molecule has 3 rings (SSSR count). The first kappa shape index (κ1) is 66.3. The maximum Gasteiger partial charge on any atom is 0.211 e. The van der Waals surface area contributed by atoms with Crippen molar-refractivity contribution in [2.75, 3.05) is 117 Å². The first-order chi connectivity index (χ1) is 29.1. The fourth-order valence-electron chi connectivity index (χ4n) is 4.60. The lowest BCUT2D eigenvalue weighted by Crippen LogP contribution is -2.32. The van der Waals surface area contributed by atoms with Crippen LogP contribution in [0.1, 0.15) is 80.2 Å². The van der Waals surface area contributed by atoms with E-state index < -0.39 is 44.7 Å². The molecule has 0 bridgehead atoms. The Morgan fingerprint density at radius 2 is 0.935 bits per heavy atom. The molecule has 20 nitrogen and oxygen atoms in total. The maximum atomic E-state index is 12.0. The molecule has 0 amide bonds. The highest BCUT2D eigenvalue weighted by Gasteiger charge is 2.21. The summed E-state index contributed by atoms with van der Waals surface area (Å²) in [6.07, 6.45) is 6.92.